The summed E-state index contributed by atoms with van der Waals surface area (Å²) in [5, 5.41) is 3.03. The van der Waals surface area contributed by atoms with Crippen LogP contribution in [0, 0.1) is 0 Å². The zero-order chi connectivity index (χ0) is 15.9. The molecule has 0 spiro atoms. The van der Waals surface area contributed by atoms with E-state index in [1.54, 1.807) is 42.5 Å². The lowest BCUT2D eigenvalue weighted by Gasteiger charge is -2.12. The molecule has 0 atom stereocenters. The molecule has 0 unspecified atom stereocenters. The summed E-state index contributed by atoms with van der Waals surface area (Å²) in [5.41, 5.74) is 1.28. The molecule has 0 aliphatic heterocycles. The fourth-order valence-electron chi connectivity index (χ4n) is 1.81. The highest BCUT2D eigenvalue weighted by molar-refractivity contribution is 7.99. The summed E-state index contributed by atoms with van der Waals surface area (Å²) < 4.78 is 53.5. The highest BCUT2D eigenvalue weighted by Gasteiger charge is 2.09. The fraction of sp³-hybridized carbons (Fsp3) is 0.200. The maximum absolute atomic E-state index is 12.3. The van der Waals surface area contributed by atoms with E-state index in [0.29, 0.717) is 27.9 Å². The van der Waals surface area contributed by atoms with Gasteiger partial charge in [0.25, 0.3) is 5.76 Å². The van der Waals surface area contributed by atoms with E-state index in [9.17, 15) is 17.6 Å². The molecular formula is C15H13F4NOS. The summed E-state index contributed by atoms with van der Waals surface area (Å²) >= 11 is 0.466. The number of rotatable bonds is 7. The molecule has 0 aliphatic rings. The van der Waals surface area contributed by atoms with Crippen LogP contribution in [-0.2, 0) is 6.54 Å². The summed E-state index contributed by atoms with van der Waals surface area (Å²) in [6.07, 6.45) is 0. The maximum atomic E-state index is 12.3. The third-order valence-electron chi connectivity index (χ3n) is 2.75. The number of halogens is 4. The van der Waals surface area contributed by atoms with Crippen LogP contribution < -0.4 is 10.1 Å². The number of nitrogens with one attached hydrogen (secondary N) is 1. The Morgan fingerprint density at radius 3 is 2.27 bits per heavy atom. The second-order valence-electron chi connectivity index (χ2n) is 4.24. The Labute approximate surface area is 129 Å². The van der Waals surface area contributed by atoms with Crippen molar-refractivity contribution in [2.45, 2.75) is 23.8 Å². The number of hydrogen-bond acceptors (Lipinski definition) is 3. The number of ether oxygens (including phenoxy) is 1. The molecule has 0 bridgehead atoms. The molecule has 0 fully saturated rings. The van der Waals surface area contributed by atoms with Crippen molar-refractivity contribution in [1.29, 1.82) is 0 Å². The monoisotopic (exact) mass is 331 g/mol. The van der Waals surface area contributed by atoms with Gasteiger partial charge in [-0.05, 0) is 30.3 Å². The normalized spacial score (nSPS) is 11.0. The second-order valence-corrected chi connectivity index (χ2v) is 5.31. The molecule has 0 saturated heterocycles. The van der Waals surface area contributed by atoms with E-state index in [4.69, 9.17) is 0 Å². The van der Waals surface area contributed by atoms with E-state index in [1.165, 1.54) is 6.07 Å². The van der Waals surface area contributed by atoms with Crippen LogP contribution in [0.2, 0.25) is 0 Å². The summed E-state index contributed by atoms with van der Waals surface area (Å²) in [5.74, 6) is -2.35. The highest BCUT2D eigenvalue weighted by atomic mass is 32.2. The van der Waals surface area contributed by atoms with Crippen molar-refractivity contribution < 1.29 is 22.3 Å². The van der Waals surface area contributed by atoms with Crippen LogP contribution in [0.5, 0.6) is 5.75 Å². The van der Waals surface area contributed by atoms with Gasteiger partial charge in [-0.1, -0.05) is 30.0 Å². The van der Waals surface area contributed by atoms with Crippen molar-refractivity contribution in [2.75, 3.05) is 5.32 Å². The maximum Gasteiger partial charge on any atom is 0.387 e. The molecule has 2 rings (SSSR count). The van der Waals surface area contributed by atoms with Gasteiger partial charge in [0.2, 0.25) is 0 Å². The largest absolute Gasteiger partial charge is 0.434 e. The third kappa shape index (κ3) is 5.14. The van der Waals surface area contributed by atoms with E-state index >= 15 is 0 Å². The van der Waals surface area contributed by atoms with E-state index in [1.807, 2.05) is 0 Å². The lowest BCUT2D eigenvalue weighted by atomic mass is 10.2. The second kappa shape index (κ2) is 7.93. The first-order chi connectivity index (χ1) is 10.5. The molecule has 2 aromatic rings. The lowest BCUT2D eigenvalue weighted by Crippen LogP contribution is -2.07. The van der Waals surface area contributed by atoms with Crippen molar-refractivity contribution in [3.8, 4) is 5.75 Å². The third-order valence-corrected chi connectivity index (χ3v) is 3.47. The van der Waals surface area contributed by atoms with Crippen LogP contribution in [0.4, 0.5) is 23.2 Å². The van der Waals surface area contributed by atoms with Crippen molar-refractivity contribution in [3.63, 3.8) is 0 Å². The Hall–Kier alpha value is -1.89. The Morgan fingerprint density at radius 1 is 0.955 bits per heavy atom. The Balaban J connectivity index is 1.98. The van der Waals surface area contributed by atoms with Gasteiger partial charge in [0, 0.05) is 22.7 Å². The van der Waals surface area contributed by atoms with Gasteiger partial charge < -0.3 is 10.1 Å². The average molecular weight is 331 g/mol. The molecule has 2 aromatic carbocycles. The standard InChI is InChI=1S/C15H13F4NOS/c16-14(17)21-13-4-2-1-3-10(13)9-20-11-5-7-12(8-6-11)22-15(18)19/h1-8,14-15,20H,9H2. The Bertz CT molecular complexity index is 592. The van der Waals surface area contributed by atoms with Crippen LogP contribution in [-0.4, -0.2) is 12.4 Å². The highest BCUT2D eigenvalue weighted by Crippen LogP contribution is 2.27. The molecule has 0 aliphatic carbocycles. The number of anilines is 1. The van der Waals surface area contributed by atoms with Gasteiger partial charge in [0.1, 0.15) is 5.75 Å². The van der Waals surface area contributed by atoms with Gasteiger partial charge in [-0.25, -0.2) is 0 Å². The topological polar surface area (TPSA) is 21.3 Å². The van der Waals surface area contributed by atoms with Gasteiger partial charge in [-0.3, -0.25) is 0 Å². The van der Waals surface area contributed by atoms with E-state index in [0.717, 1.165) is 0 Å². The molecule has 0 radical (unpaired) electrons. The summed E-state index contributed by atoms with van der Waals surface area (Å²) in [7, 11) is 0. The molecule has 0 aromatic heterocycles. The SMILES string of the molecule is FC(F)Oc1ccccc1CNc1ccc(SC(F)F)cc1. The first-order valence-electron chi connectivity index (χ1n) is 6.36. The van der Waals surface area contributed by atoms with Crippen LogP contribution >= 0.6 is 11.8 Å². The molecule has 118 valence electrons. The predicted molar refractivity (Wildman–Crippen MR) is 78.7 cm³/mol. The minimum atomic E-state index is -2.88. The predicted octanol–water partition coefficient (Wildman–Crippen LogP) is 5.21. The number of benzene rings is 2. The van der Waals surface area contributed by atoms with Gasteiger partial charge in [-0.15, -0.1) is 0 Å². The van der Waals surface area contributed by atoms with Gasteiger partial charge in [0.15, 0.2) is 0 Å². The van der Waals surface area contributed by atoms with Crippen LogP contribution in [0.1, 0.15) is 5.56 Å². The zero-order valence-corrected chi connectivity index (χ0v) is 12.1. The number of thioether (sulfide) groups is 1. The summed E-state index contributed by atoms with van der Waals surface area (Å²) in [6.45, 7) is -2.60. The minimum Gasteiger partial charge on any atom is -0.434 e. The van der Waals surface area contributed by atoms with E-state index in [2.05, 4.69) is 10.1 Å². The first-order valence-corrected chi connectivity index (χ1v) is 7.24. The quantitative estimate of drug-likeness (QED) is 0.555. The lowest BCUT2D eigenvalue weighted by molar-refractivity contribution is -0.0504. The van der Waals surface area contributed by atoms with Crippen molar-refractivity contribution in [3.05, 3.63) is 54.1 Å². The molecule has 0 saturated carbocycles. The summed E-state index contributed by atoms with van der Waals surface area (Å²) in [4.78, 5) is 0.460. The number of alkyl halides is 4. The molecular weight excluding hydrogens is 318 g/mol. The molecule has 1 N–H and O–H groups in total. The minimum absolute atomic E-state index is 0.106. The fourth-order valence-corrected chi connectivity index (χ4v) is 2.31. The van der Waals surface area contributed by atoms with E-state index in [-0.39, 0.29) is 12.3 Å². The van der Waals surface area contributed by atoms with Crippen molar-refractivity contribution in [1.82, 2.24) is 0 Å². The molecule has 0 amide bonds. The first kappa shape index (κ1) is 16.5. The van der Waals surface area contributed by atoms with Gasteiger partial charge >= 0.3 is 6.61 Å². The molecule has 22 heavy (non-hydrogen) atoms. The van der Waals surface area contributed by atoms with Gasteiger partial charge in [0.05, 0.1) is 0 Å². The zero-order valence-electron chi connectivity index (χ0n) is 11.3. The average Bonchev–Trinajstić information content (AvgIpc) is 2.47. The van der Waals surface area contributed by atoms with Crippen molar-refractivity contribution in [2.24, 2.45) is 0 Å². The van der Waals surface area contributed by atoms with Crippen LogP contribution in [0.3, 0.4) is 0 Å². The molecule has 7 heteroatoms. The number of para-hydroxylation sites is 1. The van der Waals surface area contributed by atoms with Crippen LogP contribution in [0.25, 0.3) is 0 Å². The Kier molecular flexibility index (Phi) is 5.94. The van der Waals surface area contributed by atoms with E-state index < -0.39 is 12.4 Å². The Morgan fingerprint density at radius 2 is 1.64 bits per heavy atom. The molecule has 0 heterocycles. The smallest absolute Gasteiger partial charge is 0.387 e. The summed E-state index contributed by atoms with van der Waals surface area (Å²) in [6, 6.07) is 12.9. The van der Waals surface area contributed by atoms with Crippen LogP contribution in [0.15, 0.2) is 53.4 Å². The molecule has 2 nitrogen and oxygen atoms in total. The van der Waals surface area contributed by atoms with Gasteiger partial charge in [-0.2, -0.15) is 17.6 Å². The van der Waals surface area contributed by atoms with Crippen molar-refractivity contribution >= 4 is 17.4 Å². The number of hydrogen-bond donors (Lipinski definition) is 1.